The minimum absolute atomic E-state index is 0.382. The molecule has 0 saturated carbocycles. The first-order valence-corrected chi connectivity index (χ1v) is 6.75. The summed E-state index contributed by atoms with van der Waals surface area (Å²) >= 11 is 0. The van der Waals surface area contributed by atoms with Crippen molar-refractivity contribution in [3.8, 4) is 0 Å². The van der Waals surface area contributed by atoms with Gasteiger partial charge in [-0.1, -0.05) is 64.5 Å². The first-order chi connectivity index (χ1) is 7.70. The third-order valence-electron chi connectivity index (χ3n) is 2.76. The molecule has 2 atom stereocenters. The van der Waals surface area contributed by atoms with Gasteiger partial charge in [-0.3, -0.25) is 0 Å². The highest BCUT2D eigenvalue weighted by Crippen LogP contribution is 2.07. The zero-order chi connectivity index (χ0) is 12.2. The largest absolute Gasteiger partial charge is 0.389 e. The molecule has 0 aromatic heterocycles. The second-order valence-electron chi connectivity index (χ2n) is 4.51. The van der Waals surface area contributed by atoms with E-state index >= 15 is 0 Å². The first kappa shape index (κ1) is 15.7. The molecule has 0 amide bonds. The Balaban J connectivity index is 3.54. The average molecular weight is 228 g/mol. The van der Waals surface area contributed by atoms with E-state index in [0.29, 0.717) is 0 Å². The second kappa shape index (κ2) is 11.2. The van der Waals surface area contributed by atoms with Gasteiger partial charge in [-0.05, 0) is 12.8 Å². The molecule has 0 unspecified atom stereocenters. The summed E-state index contributed by atoms with van der Waals surface area (Å²) in [4.78, 5) is 0. The van der Waals surface area contributed by atoms with Crippen LogP contribution in [0.3, 0.4) is 0 Å². The molecule has 2 nitrogen and oxygen atoms in total. The van der Waals surface area contributed by atoms with E-state index in [1.54, 1.807) is 12.2 Å². The monoisotopic (exact) mass is 228 g/mol. The van der Waals surface area contributed by atoms with Gasteiger partial charge in [0.15, 0.2) is 0 Å². The van der Waals surface area contributed by atoms with Gasteiger partial charge in [0, 0.05) is 0 Å². The van der Waals surface area contributed by atoms with Crippen molar-refractivity contribution in [2.24, 2.45) is 0 Å². The summed E-state index contributed by atoms with van der Waals surface area (Å²) in [5, 5.41) is 19.2. The second-order valence-corrected chi connectivity index (χ2v) is 4.51. The molecule has 0 aromatic rings. The SMILES string of the molecule is CCCCC[C@H](O)C=C[C@@H](O)CCCCC. The van der Waals surface area contributed by atoms with Gasteiger partial charge in [0.2, 0.25) is 0 Å². The summed E-state index contributed by atoms with van der Waals surface area (Å²) in [5.41, 5.74) is 0. The summed E-state index contributed by atoms with van der Waals surface area (Å²) in [6.45, 7) is 4.30. The molecule has 0 aliphatic rings. The van der Waals surface area contributed by atoms with E-state index < -0.39 is 0 Å². The lowest BCUT2D eigenvalue weighted by Gasteiger charge is -2.07. The molecule has 0 aliphatic carbocycles. The van der Waals surface area contributed by atoms with Crippen LogP contribution in [0.2, 0.25) is 0 Å². The molecule has 0 heterocycles. The summed E-state index contributed by atoms with van der Waals surface area (Å²) in [7, 11) is 0. The maximum atomic E-state index is 9.60. The van der Waals surface area contributed by atoms with Crippen molar-refractivity contribution >= 4 is 0 Å². The minimum atomic E-state index is -0.382. The van der Waals surface area contributed by atoms with Gasteiger partial charge in [0.05, 0.1) is 12.2 Å². The summed E-state index contributed by atoms with van der Waals surface area (Å²) in [6.07, 6.45) is 11.2. The molecule has 0 rings (SSSR count). The topological polar surface area (TPSA) is 40.5 Å². The third-order valence-corrected chi connectivity index (χ3v) is 2.76. The van der Waals surface area contributed by atoms with Gasteiger partial charge >= 0.3 is 0 Å². The lowest BCUT2D eigenvalue weighted by Crippen LogP contribution is -2.06. The van der Waals surface area contributed by atoms with Crippen LogP contribution in [0.1, 0.15) is 65.2 Å². The van der Waals surface area contributed by atoms with Crippen molar-refractivity contribution in [3.05, 3.63) is 12.2 Å². The van der Waals surface area contributed by atoms with Crippen LogP contribution in [0.15, 0.2) is 12.2 Å². The lowest BCUT2D eigenvalue weighted by atomic mass is 10.1. The standard InChI is InChI=1S/C14H28O2/c1-3-5-7-9-13(15)11-12-14(16)10-8-6-4-2/h11-16H,3-10H2,1-2H3/t13-,14-/m0/s1. The fourth-order valence-corrected chi connectivity index (χ4v) is 1.66. The van der Waals surface area contributed by atoms with E-state index in [9.17, 15) is 10.2 Å². The van der Waals surface area contributed by atoms with Gasteiger partial charge in [-0.2, -0.15) is 0 Å². The molecule has 0 bridgehead atoms. The molecule has 96 valence electrons. The maximum Gasteiger partial charge on any atom is 0.0721 e. The van der Waals surface area contributed by atoms with E-state index in [1.165, 1.54) is 25.7 Å². The van der Waals surface area contributed by atoms with Crippen LogP contribution in [0.25, 0.3) is 0 Å². The molecule has 0 aliphatic heterocycles. The molecule has 0 spiro atoms. The highest BCUT2D eigenvalue weighted by atomic mass is 16.3. The number of aliphatic hydroxyl groups excluding tert-OH is 2. The van der Waals surface area contributed by atoms with E-state index in [2.05, 4.69) is 13.8 Å². The number of hydrogen-bond acceptors (Lipinski definition) is 2. The van der Waals surface area contributed by atoms with Crippen LogP contribution in [0.4, 0.5) is 0 Å². The molecular weight excluding hydrogens is 200 g/mol. The summed E-state index contributed by atoms with van der Waals surface area (Å²) in [6, 6.07) is 0. The predicted octanol–water partition coefficient (Wildman–Crippen LogP) is 3.43. The molecule has 0 aromatic carbocycles. The minimum Gasteiger partial charge on any atom is -0.389 e. The molecule has 0 saturated heterocycles. The summed E-state index contributed by atoms with van der Waals surface area (Å²) < 4.78 is 0. The molecule has 0 radical (unpaired) electrons. The van der Waals surface area contributed by atoms with Crippen LogP contribution >= 0.6 is 0 Å². The van der Waals surface area contributed by atoms with Gasteiger partial charge in [0.1, 0.15) is 0 Å². The van der Waals surface area contributed by atoms with Crippen molar-refractivity contribution in [1.82, 2.24) is 0 Å². The molecule has 0 fully saturated rings. The van der Waals surface area contributed by atoms with Crippen molar-refractivity contribution in [2.45, 2.75) is 77.4 Å². The molecule has 2 N–H and O–H groups in total. The smallest absolute Gasteiger partial charge is 0.0721 e. The van der Waals surface area contributed by atoms with Crippen LogP contribution in [-0.4, -0.2) is 22.4 Å². The average Bonchev–Trinajstić information content (AvgIpc) is 2.27. The van der Waals surface area contributed by atoms with E-state index in [-0.39, 0.29) is 12.2 Å². The highest BCUT2D eigenvalue weighted by molar-refractivity contribution is 4.93. The molecule has 16 heavy (non-hydrogen) atoms. The van der Waals surface area contributed by atoms with E-state index in [1.807, 2.05) is 0 Å². The van der Waals surface area contributed by atoms with Gasteiger partial charge in [-0.15, -0.1) is 0 Å². The Morgan fingerprint density at radius 2 is 1.12 bits per heavy atom. The van der Waals surface area contributed by atoms with Crippen molar-refractivity contribution < 1.29 is 10.2 Å². The predicted molar refractivity (Wildman–Crippen MR) is 69.4 cm³/mol. The van der Waals surface area contributed by atoms with Gasteiger partial charge < -0.3 is 10.2 Å². The first-order valence-electron chi connectivity index (χ1n) is 6.75. The zero-order valence-electron chi connectivity index (χ0n) is 10.9. The number of hydrogen-bond donors (Lipinski definition) is 2. The maximum absolute atomic E-state index is 9.60. The van der Waals surface area contributed by atoms with Crippen molar-refractivity contribution in [3.63, 3.8) is 0 Å². The quantitative estimate of drug-likeness (QED) is 0.444. The van der Waals surface area contributed by atoms with Crippen LogP contribution in [0, 0.1) is 0 Å². The van der Waals surface area contributed by atoms with Gasteiger partial charge in [-0.25, -0.2) is 0 Å². The van der Waals surface area contributed by atoms with Crippen molar-refractivity contribution in [2.75, 3.05) is 0 Å². The number of unbranched alkanes of at least 4 members (excludes halogenated alkanes) is 4. The van der Waals surface area contributed by atoms with E-state index in [4.69, 9.17) is 0 Å². The third kappa shape index (κ3) is 10.2. The normalized spacial score (nSPS) is 15.5. The van der Waals surface area contributed by atoms with E-state index in [0.717, 1.165) is 25.7 Å². The Labute approximate surface area is 100 Å². The zero-order valence-corrected chi connectivity index (χ0v) is 10.9. The number of aliphatic hydroxyl groups is 2. The Morgan fingerprint density at radius 3 is 1.44 bits per heavy atom. The van der Waals surface area contributed by atoms with Crippen LogP contribution in [-0.2, 0) is 0 Å². The Morgan fingerprint density at radius 1 is 0.750 bits per heavy atom. The lowest BCUT2D eigenvalue weighted by molar-refractivity contribution is 0.192. The Bertz CT molecular complexity index is 148. The Hall–Kier alpha value is -0.340. The summed E-state index contributed by atoms with van der Waals surface area (Å²) in [5.74, 6) is 0. The Kier molecular flexibility index (Phi) is 10.9. The van der Waals surface area contributed by atoms with Crippen LogP contribution < -0.4 is 0 Å². The van der Waals surface area contributed by atoms with Gasteiger partial charge in [0.25, 0.3) is 0 Å². The molecular formula is C14H28O2. The number of rotatable bonds is 10. The fourth-order valence-electron chi connectivity index (χ4n) is 1.66. The molecule has 2 heteroatoms. The van der Waals surface area contributed by atoms with Crippen LogP contribution in [0.5, 0.6) is 0 Å². The fraction of sp³-hybridized carbons (Fsp3) is 0.857. The highest BCUT2D eigenvalue weighted by Gasteiger charge is 2.01. The van der Waals surface area contributed by atoms with Crippen molar-refractivity contribution in [1.29, 1.82) is 0 Å².